The maximum atomic E-state index is 6.33. The van der Waals surface area contributed by atoms with Crippen LogP contribution in [-0.4, -0.2) is 31.1 Å². The van der Waals surface area contributed by atoms with Gasteiger partial charge in [-0.15, -0.1) is 0 Å². The Morgan fingerprint density at radius 3 is 2.50 bits per heavy atom. The summed E-state index contributed by atoms with van der Waals surface area (Å²) in [6.07, 6.45) is 0.996. The van der Waals surface area contributed by atoms with Crippen molar-refractivity contribution in [2.24, 2.45) is 0 Å². The first-order chi connectivity index (χ1) is 8.63. The van der Waals surface area contributed by atoms with Crippen molar-refractivity contribution in [3.05, 3.63) is 32.8 Å². The van der Waals surface area contributed by atoms with E-state index in [2.05, 4.69) is 17.1 Å². The molecule has 0 aliphatic carbocycles. The summed E-state index contributed by atoms with van der Waals surface area (Å²) in [7, 11) is 0. The smallest absolute Gasteiger partial charge is 0.0641 e. The molecule has 1 atom stereocenters. The molecule has 18 heavy (non-hydrogen) atoms. The van der Waals surface area contributed by atoms with E-state index in [4.69, 9.17) is 34.8 Å². The van der Waals surface area contributed by atoms with Crippen LogP contribution in [0.4, 0.5) is 0 Å². The van der Waals surface area contributed by atoms with Crippen LogP contribution in [0.15, 0.2) is 12.1 Å². The van der Waals surface area contributed by atoms with Crippen molar-refractivity contribution >= 4 is 34.8 Å². The largest absolute Gasteiger partial charge is 0.314 e. The SMILES string of the molecule is CC[C@@H](c1cc(Cl)cc(Cl)c1Cl)N1CCNCC1. The summed E-state index contributed by atoms with van der Waals surface area (Å²) in [5, 5.41) is 5.17. The predicted octanol–water partition coefficient (Wildman–Crippen LogP) is 4.00. The van der Waals surface area contributed by atoms with Crippen molar-refractivity contribution in [3.8, 4) is 0 Å². The Hall–Kier alpha value is 0.01000. The van der Waals surface area contributed by atoms with Crippen LogP contribution in [0.2, 0.25) is 15.1 Å². The van der Waals surface area contributed by atoms with Gasteiger partial charge in [-0.05, 0) is 24.1 Å². The van der Waals surface area contributed by atoms with Crippen LogP contribution in [0, 0.1) is 0 Å². The Kier molecular flexibility index (Phi) is 5.16. The zero-order valence-corrected chi connectivity index (χ0v) is 12.6. The summed E-state index contributed by atoms with van der Waals surface area (Å²) in [4.78, 5) is 2.43. The fraction of sp³-hybridized carbons (Fsp3) is 0.538. The molecule has 1 aromatic carbocycles. The minimum atomic E-state index is 0.288. The Bertz CT molecular complexity index is 417. The average Bonchev–Trinajstić information content (AvgIpc) is 2.37. The molecule has 0 amide bonds. The molecule has 0 aromatic heterocycles. The van der Waals surface area contributed by atoms with E-state index in [9.17, 15) is 0 Å². The van der Waals surface area contributed by atoms with E-state index in [1.54, 1.807) is 6.07 Å². The van der Waals surface area contributed by atoms with Crippen LogP contribution < -0.4 is 5.32 Å². The topological polar surface area (TPSA) is 15.3 Å². The molecule has 0 radical (unpaired) electrons. The van der Waals surface area contributed by atoms with Crippen LogP contribution in [-0.2, 0) is 0 Å². The highest BCUT2D eigenvalue weighted by Gasteiger charge is 2.23. The van der Waals surface area contributed by atoms with E-state index in [0.717, 1.165) is 38.2 Å². The summed E-state index contributed by atoms with van der Waals surface area (Å²) >= 11 is 18.5. The van der Waals surface area contributed by atoms with Crippen LogP contribution in [0.3, 0.4) is 0 Å². The van der Waals surface area contributed by atoms with Gasteiger partial charge in [0, 0.05) is 37.2 Å². The lowest BCUT2D eigenvalue weighted by atomic mass is 10.0. The van der Waals surface area contributed by atoms with E-state index >= 15 is 0 Å². The number of benzene rings is 1. The summed E-state index contributed by atoms with van der Waals surface area (Å²) in [5.41, 5.74) is 1.04. The fourth-order valence-corrected chi connectivity index (χ4v) is 3.23. The first-order valence-electron chi connectivity index (χ1n) is 6.22. The molecule has 0 saturated carbocycles. The van der Waals surface area contributed by atoms with Crippen molar-refractivity contribution in [3.63, 3.8) is 0 Å². The van der Waals surface area contributed by atoms with Crippen molar-refractivity contribution in [1.82, 2.24) is 10.2 Å². The summed E-state index contributed by atoms with van der Waals surface area (Å²) < 4.78 is 0. The quantitative estimate of drug-likeness (QED) is 0.849. The van der Waals surface area contributed by atoms with Crippen molar-refractivity contribution in [2.75, 3.05) is 26.2 Å². The maximum absolute atomic E-state index is 6.33. The lowest BCUT2D eigenvalue weighted by molar-refractivity contribution is 0.169. The Labute approximate surface area is 123 Å². The highest BCUT2D eigenvalue weighted by molar-refractivity contribution is 6.43. The number of nitrogens with one attached hydrogen (secondary N) is 1. The molecular weight excluding hydrogens is 291 g/mol. The van der Waals surface area contributed by atoms with Gasteiger partial charge in [-0.25, -0.2) is 0 Å². The number of rotatable bonds is 3. The number of halogens is 3. The first-order valence-corrected chi connectivity index (χ1v) is 7.36. The molecule has 1 aliphatic heterocycles. The molecule has 5 heteroatoms. The number of nitrogens with zero attached hydrogens (tertiary/aromatic N) is 1. The molecule has 100 valence electrons. The van der Waals surface area contributed by atoms with Crippen molar-refractivity contribution in [1.29, 1.82) is 0 Å². The van der Waals surface area contributed by atoms with Gasteiger partial charge in [-0.2, -0.15) is 0 Å². The third-order valence-electron chi connectivity index (χ3n) is 3.36. The molecule has 0 spiro atoms. The second-order valence-corrected chi connectivity index (χ2v) is 5.72. The van der Waals surface area contributed by atoms with E-state index in [0.29, 0.717) is 15.1 Å². The zero-order valence-electron chi connectivity index (χ0n) is 10.3. The highest BCUT2D eigenvalue weighted by atomic mass is 35.5. The number of hydrogen-bond donors (Lipinski definition) is 1. The second kappa shape index (κ2) is 6.44. The highest BCUT2D eigenvalue weighted by Crippen LogP contribution is 2.37. The van der Waals surface area contributed by atoms with Gasteiger partial charge in [-0.3, -0.25) is 4.90 Å². The third-order valence-corrected chi connectivity index (χ3v) is 4.39. The van der Waals surface area contributed by atoms with E-state index < -0.39 is 0 Å². The molecule has 0 unspecified atom stereocenters. The monoisotopic (exact) mass is 306 g/mol. The minimum Gasteiger partial charge on any atom is -0.314 e. The minimum absolute atomic E-state index is 0.288. The predicted molar refractivity (Wildman–Crippen MR) is 78.9 cm³/mol. The molecule has 1 N–H and O–H groups in total. The van der Waals surface area contributed by atoms with Gasteiger partial charge in [0.05, 0.1) is 10.0 Å². The van der Waals surface area contributed by atoms with Gasteiger partial charge in [0.1, 0.15) is 0 Å². The van der Waals surface area contributed by atoms with Crippen LogP contribution >= 0.6 is 34.8 Å². The van der Waals surface area contributed by atoms with Crippen LogP contribution in [0.25, 0.3) is 0 Å². The lowest BCUT2D eigenvalue weighted by Gasteiger charge is -2.35. The fourth-order valence-electron chi connectivity index (χ4n) is 2.49. The standard InChI is InChI=1S/C13H17Cl3N2/c1-2-12(18-5-3-17-4-6-18)10-7-9(14)8-11(15)13(10)16/h7-8,12,17H,2-6H2,1H3/t12-/m0/s1. The van der Waals surface area contributed by atoms with Crippen LogP contribution in [0.1, 0.15) is 24.9 Å². The first kappa shape index (κ1) is 14.4. The molecule has 1 aliphatic rings. The Morgan fingerprint density at radius 2 is 1.89 bits per heavy atom. The summed E-state index contributed by atoms with van der Waals surface area (Å²) in [6.45, 7) is 6.25. The normalized spacial score (nSPS) is 18.9. The molecule has 2 rings (SSSR count). The van der Waals surface area contributed by atoms with Crippen LogP contribution in [0.5, 0.6) is 0 Å². The van der Waals surface area contributed by atoms with Gasteiger partial charge in [-0.1, -0.05) is 41.7 Å². The van der Waals surface area contributed by atoms with Gasteiger partial charge < -0.3 is 5.32 Å². The number of hydrogen-bond acceptors (Lipinski definition) is 2. The molecule has 1 aromatic rings. The molecule has 2 nitrogen and oxygen atoms in total. The maximum Gasteiger partial charge on any atom is 0.0641 e. The molecular formula is C13H17Cl3N2. The van der Waals surface area contributed by atoms with E-state index in [-0.39, 0.29) is 6.04 Å². The van der Waals surface area contributed by atoms with E-state index in [1.165, 1.54) is 0 Å². The van der Waals surface area contributed by atoms with Gasteiger partial charge in [0.15, 0.2) is 0 Å². The second-order valence-electron chi connectivity index (χ2n) is 4.50. The zero-order chi connectivity index (χ0) is 13.1. The average molecular weight is 308 g/mol. The molecule has 1 heterocycles. The molecule has 1 fully saturated rings. The number of piperazine rings is 1. The molecule has 1 saturated heterocycles. The van der Waals surface area contributed by atoms with Crippen molar-refractivity contribution in [2.45, 2.75) is 19.4 Å². The Balaban J connectivity index is 2.31. The summed E-state index contributed by atoms with van der Waals surface area (Å²) in [6, 6.07) is 3.92. The van der Waals surface area contributed by atoms with Gasteiger partial charge >= 0.3 is 0 Å². The molecule has 0 bridgehead atoms. The lowest BCUT2D eigenvalue weighted by Crippen LogP contribution is -2.45. The third kappa shape index (κ3) is 3.12. The van der Waals surface area contributed by atoms with E-state index in [1.807, 2.05) is 6.07 Å². The van der Waals surface area contributed by atoms with Gasteiger partial charge in [0.25, 0.3) is 0 Å². The summed E-state index contributed by atoms with van der Waals surface area (Å²) in [5.74, 6) is 0. The van der Waals surface area contributed by atoms with Gasteiger partial charge in [0.2, 0.25) is 0 Å². The van der Waals surface area contributed by atoms with Crippen molar-refractivity contribution < 1.29 is 0 Å². The Morgan fingerprint density at radius 1 is 1.22 bits per heavy atom.